The minimum Gasteiger partial charge on any atom is -0.481 e. The van der Waals surface area contributed by atoms with Gasteiger partial charge in [-0.3, -0.25) is 9.59 Å². The van der Waals surface area contributed by atoms with Crippen LogP contribution in [0.15, 0.2) is 48.5 Å². The normalized spacial score (nSPS) is 20.8. The second kappa shape index (κ2) is 8.80. The van der Waals surface area contributed by atoms with Crippen LogP contribution < -0.4 is 10.6 Å². The van der Waals surface area contributed by atoms with Crippen LogP contribution in [0, 0.1) is 11.8 Å². The summed E-state index contributed by atoms with van der Waals surface area (Å²) in [5, 5.41) is 13.6. The molecular weight excluding hydrogens is 434 g/mol. The summed E-state index contributed by atoms with van der Waals surface area (Å²) in [6.45, 7) is 1.25. The van der Waals surface area contributed by atoms with Crippen molar-refractivity contribution >= 4 is 18.0 Å². The average molecular weight is 458 g/mol. The maximum atomic E-state index is 13.5. The minimum absolute atomic E-state index is 0.0759. The van der Waals surface area contributed by atoms with Crippen LogP contribution in [0.2, 0.25) is 0 Å². The van der Waals surface area contributed by atoms with E-state index in [1.807, 2.05) is 48.5 Å². The molecule has 2 aliphatic rings. The van der Waals surface area contributed by atoms with Gasteiger partial charge in [0.2, 0.25) is 5.91 Å². The van der Waals surface area contributed by atoms with E-state index in [2.05, 4.69) is 10.6 Å². The van der Waals surface area contributed by atoms with Gasteiger partial charge in [0.05, 0.1) is 5.92 Å². The van der Waals surface area contributed by atoms with Gasteiger partial charge in [-0.25, -0.2) is 13.6 Å². The number of carboxylic acids is 1. The molecule has 0 bridgehead atoms. The minimum atomic E-state index is -3.35. The van der Waals surface area contributed by atoms with Crippen LogP contribution in [0.1, 0.15) is 30.4 Å². The van der Waals surface area contributed by atoms with Crippen molar-refractivity contribution in [3.8, 4) is 11.1 Å². The summed E-state index contributed by atoms with van der Waals surface area (Å²) in [6.07, 6.45) is -0.585. The van der Waals surface area contributed by atoms with Crippen molar-refractivity contribution in [2.75, 3.05) is 13.2 Å². The highest BCUT2D eigenvalue weighted by Crippen LogP contribution is 2.54. The molecule has 0 radical (unpaired) electrons. The highest BCUT2D eigenvalue weighted by atomic mass is 19.3. The van der Waals surface area contributed by atoms with E-state index in [1.54, 1.807) is 6.92 Å². The number of hydrogen-bond donors (Lipinski definition) is 3. The van der Waals surface area contributed by atoms with Gasteiger partial charge in [-0.15, -0.1) is 0 Å². The predicted molar refractivity (Wildman–Crippen MR) is 115 cm³/mol. The number of hydrogen-bond acceptors (Lipinski definition) is 4. The number of carbonyl (C=O) groups excluding carboxylic acids is 2. The fraction of sp³-hybridized carbons (Fsp3) is 0.375. The second-order valence-corrected chi connectivity index (χ2v) is 8.27. The molecule has 1 saturated carbocycles. The van der Waals surface area contributed by atoms with Crippen molar-refractivity contribution in [3.05, 3.63) is 59.7 Å². The molecule has 3 N–H and O–H groups in total. The van der Waals surface area contributed by atoms with E-state index in [1.165, 1.54) is 0 Å². The molecule has 0 heterocycles. The fourth-order valence-corrected chi connectivity index (χ4v) is 4.45. The third kappa shape index (κ3) is 4.27. The lowest BCUT2D eigenvalue weighted by Crippen LogP contribution is -2.47. The molecule has 2 amide bonds. The van der Waals surface area contributed by atoms with Gasteiger partial charge in [0.25, 0.3) is 5.92 Å². The molecule has 9 heteroatoms. The summed E-state index contributed by atoms with van der Waals surface area (Å²) in [5.74, 6) is -9.00. The summed E-state index contributed by atoms with van der Waals surface area (Å²) in [6, 6.07) is 14.8. The van der Waals surface area contributed by atoms with Crippen LogP contribution in [-0.4, -0.2) is 48.2 Å². The number of amides is 2. The Kier molecular flexibility index (Phi) is 6.05. The predicted octanol–water partition coefficient (Wildman–Crippen LogP) is 3.39. The smallest absolute Gasteiger partial charge is 0.407 e. The lowest BCUT2D eigenvalue weighted by atomic mass is 9.98. The fourth-order valence-electron chi connectivity index (χ4n) is 4.45. The number of halogens is 2. The number of fused-ring (bicyclic) bond motifs is 3. The standard InChI is InChI=1S/C24H24F2N2O5/c1-2-19(21(29)27-11-18-20(22(30)31)24(18,25)26)28-23(32)33-12-17-15-9-5-3-7-13(15)14-8-4-6-10-16(14)17/h3-10,17-20H,2,11-12H2,1H3,(H,27,29)(H,28,32)(H,30,31)/t18-,19-,20-/m1/s1. The Balaban J connectivity index is 1.32. The number of rotatable bonds is 8. The van der Waals surface area contributed by atoms with Crippen molar-refractivity contribution < 1.29 is 33.0 Å². The molecule has 2 aromatic rings. The van der Waals surface area contributed by atoms with Gasteiger partial charge < -0.3 is 20.5 Å². The van der Waals surface area contributed by atoms with Crippen molar-refractivity contribution in [2.45, 2.75) is 31.2 Å². The Labute approximate surface area is 189 Å². The number of alkyl halides is 2. The molecule has 33 heavy (non-hydrogen) atoms. The molecular formula is C24H24F2N2O5. The first-order valence-corrected chi connectivity index (χ1v) is 10.8. The number of benzene rings is 2. The lowest BCUT2D eigenvalue weighted by molar-refractivity contribution is -0.141. The largest absolute Gasteiger partial charge is 0.481 e. The molecule has 174 valence electrons. The summed E-state index contributed by atoms with van der Waals surface area (Å²) in [7, 11) is 0. The van der Waals surface area contributed by atoms with Crippen LogP contribution in [0.25, 0.3) is 11.1 Å². The summed E-state index contributed by atoms with van der Waals surface area (Å²) in [5.41, 5.74) is 4.28. The van der Waals surface area contributed by atoms with Crippen LogP contribution in [0.3, 0.4) is 0 Å². The van der Waals surface area contributed by atoms with Crippen molar-refractivity contribution in [3.63, 3.8) is 0 Å². The van der Waals surface area contributed by atoms with Gasteiger partial charge in [-0.2, -0.15) is 0 Å². The van der Waals surface area contributed by atoms with Gasteiger partial charge in [-0.05, 0) is 28.7 Å². The van der Waals surface area contributed by atoms with Crippen LogP contribution in [0.4, 0.5) is 13.6 Å². The van der Waals surface area contributed by atoms with Crippen molar-refractivity contribution in [1.82, 2.24) is 10.6 Å². The van der Waals surface area contributed by atoms with Gasteiger partial charge in [0, 0.05) is 12.5 Å². The molecule has 0 aromatic heterocycles. The molecule has 0 saturated heterocycles. The number of carboxylic acid groups (broad SMARTS) is 1. The zero-order valence-corrected chi connectivity index (χ0v) is 17.9. The zero-order chi connectivity index (χ0) is 23.8. The van der Waals surface area contributed by atoms with Gasteiger partial charge >= 0.3 is 12.1 Å². The van der Waals surface area contributed by atoms with E-state index in [4.69, 9.17) is 9.84 Å². The first kappa shape index (κ1) is 22.7. The average Bonchev–Trinajstić information content (AvgIpc) is 3.21. The van der Waals surface area contributed by atoms with Crippen LogP contribution in [-0.2, 0) is 14.3 Å². The van der Waals surface area contributed by atoms with Gasteiger partial charge in [0.15, 0.2) is 0 Å². The highest BCUT2D eigenvalue weighted by Gasteiger charge is 2.72. The molecule has 1 fully saturated rings. The molecule has 2 aromatic carbocycles. The number of nitrogens with one attached hydrogen (secondary N) is 2. The molecule has 4 rings (SSSR count). The van der Waals surface area contributed by atoms with Crippen molar-refractivity contribution in [1.29, 1.82) is 0 Å². The van der Waals surface area contributed by atoms with E-state index < -0.39 is 48.3 Å². The molecule has 0 aliphatic heterocycles. The van der Waals surface area contributed by atoms with Gasteiger partial charge in [0.1, 0.15) is 18.6 Å². The summed E-state index contributed by atoms with van der Waals surface area (Å²) < 4.78 is 32.4. The molecule has 2 aliphatic carbocycles. The molecule has 0 unspecified atom stereocenters. The molecule has 7 nitrogen and oxygen atoms in total. The van der Waals surface area contributed by atoms with Gasteiger partial charge in [-0.1, -0.05) is 55.5 Å². The zero-order valence-electron chi connectivity index (χ0n) is 17.9. The lowest BCUT2D eigenvalue weighted by Gasteiger charge is -2.18. The monoisotopic (exact) mass is 458 g/mol. The highest BCUT2D eigenvalue weighted by molar-refractivity contribution is 5.86. The van der Waals surface area contributed by atoms with E-state index in [0.29, 0.717) is 0 Å². The maximum absolute atomic E-state index is 13.5. The Bertz CT molecular complexity index is 1040. The maximum Gasteiger partial charge on any atom is 0.407 e. The Hall–Kier alpha value is -3.49. The Morgan fingerprint density at radius 2 is 1.64 bits per heavy atom. The Morgan fingerprint density at radius 3 is 2.15 bits per heavy atom. The topological polar surface area (TPSA) is 105 Å². The Morgan fingerprint density at radius 1 is 1.06 bits per heavy atom. The summed E-state index contributed by atoms with van der Waals surface area (Å²) >= 11 is 0. The first-order valence-electron chi connectivity index (χ1n) is 10.8. The molecule has 0 spiro atoms. The van der Waals surface area contributed by atoms with E-state index in [0.717, 1.165) is 22.3 Å². The molecule has 3 atom stereocenters. The van der Waals surface area contributed by atoms with E-state index in [9.17, 15) is 23.2 Å². The van der Waals surface area contributed by atoms with Crippen LogP contribution >= 0.6 is 0 Å². The SMILES string of the molecule is CC[C@@H](NC(=O)OCC1c2ccccc2-c2ccccc21)C(=O)NC[C@@H]1[C@H](C(=O)O)C1(F)F. The quantitative estimate of drug-likeness (QED) is 0.563. The summed E-state index contributed by atoms with van der Waals surface area (Å²) in [4.78, 5) is 35.6. The number of ether oxygens (including phenoxy) is 1. The second-order valence-electron chi connectivity index (χ2n) is 8.27. The number of carbonyl (C=O) groups is 3. The van der Waals surface area contributed by atoms with E-state index >= 15 is 0 Å². The number of alkyl carbamates (subject to hydrolysis) is 1. The van der Waals surface area contributed by atoms with Crippen LogP contribution in [0.5, 0.6) is 0 Å². The number of aliphatic carboxylic acids is 1. The third-order valence-electron chi connectivity index (χ3n) is 6.33. The third-order valence-corrected chi connectivity index (χ3v) is 6.33. The first-order chi connectivity index (χ1) is 15.8. The van der Waals surface area contributed by atoms with Crippen molar-refractivity contribution in [2.24, 2.45) is 11.8 Å². The van der Waals surface area contributed by atoms with E-state index in [-0.39, 0.29) is 18.9 Å².